The number of benzene rings is 1. The molecular formula is C17H18N4O5. The van der Waals surface area contributed by atoms with Crippen LogP contribution in [0.4, 0.5) is 17.2 Å². The molecule has 136 valence electrons. The van der Waals surface area contributed by atoms with E-state index in [0.29, 0.717) is 18.9 Å². The Bertz CT molecular complexity index is 803. The highest BCUT2D eigenvalue weighted by molar-refractivity contribution is 6.06. The number of nitrogens with zero attached hydrogens (tertiary/aromatic N) is 3. The van der Waals surface area contributed by atoms with Crippen LogP contribution in [-0.2, 0) is 4.74 Å². The van der Waals surface area contributed by atoms with E-state index in [9.17, 15) is 14.9 Å². The van der Waals surface area contributed by atoms with Gasteiger partial charge in [-0.15, -0.1) is 0 Å². The van der Waals surface area contributed by atoms with Crippen molar-refractivity contribution in [2.75, 3.05) is 43.6 Å². The van der Waals surface area contributed by atoms with E-state index in [0.717, 1.165) is 18.9 Å². The number of carbonyl (C=O) groups excluding carboxylic acids is 1. The van der Waals surface area contributed by atoms with Gasteiger partial charge in [0.2, 0.25) is 0 Å². The van der Waals surface area contributed by atoms with E-state index in [2.05, 4.69) is 15.2 Å². The zero-order chi connectivity index (χ0) is 18.5. The molecule has 0 atom stereocenters. The summed E-state index contributed by atoms with van der Waals surface area (Å²) >= 11 is 0. The number of ether oxygens (including phenoxy) is 2. The highest BCUT2D eigenvalue weighted by Gasteiger charge is 2.18. The Labute approximate surface area is 149 Å². The van der Waals surface area contributed by atoms with Crippen molar-refractivity contribution in [3.63, 3.8) is 0 Å². The molecule has 2 aromatic rings. The number of hydrogen-bond donors (Lipinski definition) is 1. The summed E-state index contributed by atoms with van der Waals surface area (Å²) in [5.74, 6) is 0.552. The fourth-order valence-electron chi connectivity index (χ4n) is 2.62. The van der Waals surface area contributed by atoms with Crippen LogP contribution in [0.15, 0.2) is 36.5 Å². The second-order valence-electron chi connectivity index (χ2n) is 5.60. The van der Waals surface area contributed by atoms with Gasteiger partial charge in [0, 0.05) is 25.2 Å². The maximum absolute atomic E-state index is 12.5. The Morgan fingerprint density at radius 2 is 2.08 bits per heavy atom. The monoisotopic (exact) mass is 358 g/mol. The number of nitro benzene ring substituents is 1. The quantitative estimate of drug-likeness (QED) is 0.644. The average Bonchev–Trinajstić information content (AvgIpc) is 2.68. The normalized spacial score (nSPS) is 14.0. The van der Waals surface area contributed by atoms with Gasteiger partial charge in [-0.1, -0.05) is 0 Å². The van der Waals surface area contributed by atoms with Crippen molar-refractivity contribution in [2.24, 2.45) is 0 Å². The lowest BCUT2D eigenvalue weighted by molar-refractivity contribution is -0.384. The minimum absolute atomic E-state index is 0.0824. The van der Waals surface area contributed by atoms with Gasteiger partial charge in [-0.25, -0.2) is 4.98 Å². The molecule has 1 aromatic heterocycles. The average molecular weight is 358 g/mol. The molecule has 3 rings (SSSR count). The van der Waals surface area contributed by atoms with E-state index in [1.807, 2.05) is 6.07 Å². The number of nitrogens with one attached hydrogen (secondary N) is 1. The number of hydrogen-bond acceptors (Lipinski definition) is 7. The van der Waals surface area contributed by atoms with Crippen molar-refractivity contribution in [2.45, 2.75) is 0 Å². The van der Waals surface area contributed by atoms with Crippen LogP contribution < -0.4 is 15.0 Å². The SMILES string of the molecule is COc1ccc([N+](=O)[O-])cc1C(=O)Nc1ccc(N2CCOCC2)nc1. The van der Waals surface area contributed by atoms with Crippen molar-refractivity contribution in [3.05, 3.63) is 52.2 Å². The summed E-state index contributed by atoms with van der Waals surface area (Å²) in [7, 11) is 1.40. The van der Waals surface area contributed by atoms with Gasteiger partial charge in [-0.3, -0.25) is 14.9 Å². The van der Waals surface area contributed by atoms with Gasteiger partial charge in [0.15, 0.2) is 0 Å². The van der Waals surface area contributed by atoms with E-state index < -0.39 is 10.8 Å². The minimum atomic E-state index is -0.561. The van der Waals surface area contributed by atoms with Crippen molar-refractivity contribution in [1.82, 2.24) is 4.98 Å². The number of anilines is 2. The van der Waals surface area contributed by atoms with E-state index in [-0.39, 0.29) is 17.0 Å². The topological polar surface area (TPSA) is 107 Å². The summed E-state index contributed by atoms with van der Waals surface area (Å²) in [5, 5.41) is 13.6. The second-order valence-corrected chi connectivity index (χ2v) is 5.60. The number of carbonyl (C=O) groups is 1. The minimum Gasteiger partial charge on any atom is -0.496 e. The Kier molecular flexibility index (Phi) is 5.28. The van der Waals surface area contributed by atoms with E-state index in [1.165, 1.54) is 25.3 Å². The van der Waals surface area contributed by atoms with Crippen molar-refractivity contribution < 1.29 is 19.2 Å². The molecule has 26 heavy (non-hydrogen) atoms. The predicted octanol–water partition coefficient (Wildman–Crippen LogP) is 2.09. The molecule has 1 aromatic carbocycles. The molecule has 9 heteroatoms. The fourth-order valence-corrected chi connectivity index (χ4v) is 2.62. The Morgan fingerprint density at radius 1 is 1.31 bits per heavy atom. The van der Waals surface area contributed by atoms with Crippen LogP contribution in [0, 0.1) is 10.1 Å². The zero-order valence-corrected chi connectivity index (χ0v) is 14.2. The van der Waals surface area contributed by atoms with Crippen LogP contribution in [0.2, 0.25) is 0 Å². The maximum Gasteiger partial charge on any atom is 0.270 e. The highest BCUT2D eigenvalue weighted by atomic mass is 16.6. The summed E-state index contributed by atoms with van der Waals surface area (Å²) in [6.07, 6.45) is 1.55. The third-order valence-electron chi connectivity index (χ3n) is 3.98. The molecule has 0 aliphatic carbocycles. The number of morpholine rings is 1. The number of non-ortho nitro benzene ring substituents is 1. The largest absolute Gasteiger partial charge is 0.496 e. The summed E-state index contributed by atoms with van der Waals surface area (Å²) in [5.41, 5.74) is 0.385. The Morgan fingerprint density at radius 3 is 2.69 bits per heavy atom. The number of methoxy groups -OCH3 is 1. The predicted molar refractivity (Wildman–Crippen MR) is 94.9 cm³/mol. The molecular weight excluding hydrogens is 340 g/mol. The molecule has 1 aliphatic rings. The van der Waals surface area contributed by atoms with E-state index >= 15 is 0 Å². The van der Waals surface area contributed by atoms with Gasteiger partial charge in [0.1, 0.15) is 11.6 Å². The van der Waals surface area contributed by atoms with Gasteiger partial charge in [0.05, 0.1) is 42.7 Å². The third-order valence-corrected chi connectivity index (χ3v) is 3.98. The number of aromatic nitrogens is 1. The summed E-state index contributed by atoms with van der Waals surface area (Å²) in [4.78, 5) is 29.3. The molecule has 0 radical (unpaired) electrons. The zero-order valence-electron chi connectivity index (χ0n) is 14.2. The van der Waals surface area contributed by atoms with Gasteiger partial charge in [-0.05, 0) is 18.2 Å². The van der Waals surface area contributed by atoms with E-state index in [4.69, 9.17) is 9.47 Å². The van der Waals surface area contributed by atoms with E-state index in [1.54, 1.807) is 12.3 Å². The number of pyridine rings is 1. The summed E-state index contributed by atoms with van der Waals surface area (Å²) in [6, 6.07) is 7.41. The van der Waals surface area contributed by atoms with Gasteiger partial charge >= 0.3 is 0 Å². The number of rotatable bonds is 5. The van der Waals surface area contributed by atoms with Crippen LogP contribution in [-0.4, -0.2) is 49.2 Å². The first kappa shape index (κ1) is 17.6. The van der Waals surface area contributed by atoms with Crippen LogP contribution in [0.5, 0.6) is 5.75 Å². The van der Waals surface area contributed by atoms with Gasteiger partial charge in [0.25, 0.3) is 11.6 Å². The highest BCUT2D eigenvalue weighted by Crippen LogP contribution is 2.25. The standard InChI is InChI=1S/C17H18N4O5/c1-25-15-4-3-13(21(23)24)10-14(15)17(22)19-12-2-5-16(18-11-12)20-6-8-26-9-7-20/h2-5,10-11H,6-9H2,1H3,(H,19,22). The second kappa shape index (κ2) is 7.79. The maximum atomic E-state index is 12.5. The summed E-state index contributed by atoms with van der Waals surface area (Å²) in [6.45, 7) is 2.85. The van der Waals surface area contributed by atoms with Crippen LogP contribution >= 0.6 is 0 Å². The fraction of sp³-hybridized carbons (Fsp3) is 0.294. The third kappa shape index (κ3) is 3.89. The molecule has 0 saturated carbocycles. The van der Waals surface area contributed by atoms with Crippen LogP contribution in [0.3, 0.4) is 0 Å². The lowest BCUT2D eigenvalue weighted by atomic mass is 10.1. The number of nitro groups is 1. The van der Waals surface area contributed by atoms with Crippen molar-refractivity contribution in [3.8, 4) is 5.75 Å². The first-order valence-electron chi connectivity index (χ1n) is 8.01. The molecule has 1 N–H and O–H groups in total. The molecule has 0 spiro atoms. The van der Waals surface area contributed by atoms with Crippen molar-refractivity contribution >= 4 is 23.1 Å². The molecule has 0 bridgehead atoms. The van der Waals surface area contributed by atoms with Crippen LogP contribution in [0.25, 0.3) is 0 Å². The molecule has 1 fully saturated rings. The molecule has 1 amide bonds. The van der Waals surface area contributed by atoms with Gasteiger partial charge in [-0.2, -0.15) is 0 Å². The Hall–Kier alpha value is -3.20. The smallest absolute Gasteiger partial charge is 0.270 e. The summed E-state index contributed by atoms with van der Waals surface area (Å²) < 4.78 is 10.4. The lowest BCUT2D eigenvalue weighted by Gasteiger charge is -2.27. The first-order valence-corrected chi connectivity index (χ1v) is 8.01. The molecule has 0 unspecified atom stereocenters. The number of amides is 1. The lowest BCUT2D eigenvalue weighted by Crippen LogP contribution is -2.36. The molecule has 9 nitrogen and oxygen atoms in total. The first-order chi connectivity index (χ1) is 12.6. The molecule has 1 saturated heterocycles. The Balaban J connectivity index is 1.75. The molecule has 2 heterocycles. The van der Waals surface area contributed by atoms with Crippen LogP contribution in [0.1, 0.15) is 10.4 Å². The van der Waals surface area contributed by atoms with Crippen molar-refractivity contribution in [1.29, 1.82) is 0 Å². The molecule has 1 aliphatic heterocycles. The van der Waals surface area contributed by atoms with Gasteiger partial charge < -0.3 is 19.7 Å².